The number of allylic oxidation sites excluding steroid dienone is 2. The lowest BCUT2D eigenvalue weighted by Crippen LogP contribution is -2.13. The minimum atomic E-state index is -0.110. The third-order valence-corrected chi connectivity index (χ3v) is 3.03. The van der Waals surface area contributed by atoms with Gasteiger partial charge in [-0.3, -0.25) is 4.79 Å². The predicted octanol–water partition coefficient (Wildman–Crippen LogP) is 3.50. The topological polar surface area (TPSA) is 44.9 Å². The third kappa shape index (κ3) is 4.35. The van der Waals surface area contributed by atoms with E-state index >= 15 is 0 Å². The lowest BCUT2D eigenvalue weighted by molar-refractivity contribution is -0.115. The molecule has 2 rings (SSSR count). The number of hydrogen-bond acceptors (Lipinski definition) is 1. The summed E-state index contributed by atoms with van der Waals surface area (Å²) in [5.41, 5.74) is 4.01. The van der Waals surface area contributed by atoms with E-state index in [4.69, 9.17) is 0 Å². The van der Waals surface area contributed by atoms with E-state index in [1.807, 2.05) is 54.7 Å². The van der Waals surface area contributed by atoms with Crippen LogP contribution >= 0.6 is 0 Å². The van der Waals surface area contributed by atoms with Crippen molar-refractivity contribution in [2.45, 2.75) is 0 Å². The smallest absolute Gasteiger partial charge is 0.243 e. The van der Waals surface area contributed by atoms with Crippen molar-refractivity contribution in [3.05, 3.63) is 78.1 Å². The summed E-state index contributed by atoms with van der Waals surface area (Å²) in [5, 5.41) is 2.54. The number of nitrogens with one attached hydrogen (secondary N) is 2. The van der Waals surface area contributed by atoms with Crippen LogP contribution in [0.4, 0.5) is 0 Å². The summed E-state index contributed by atoms with van der Waals surface area (Å²) in [6, 6.07) is 11.9. The first-order valence-electron chi connectivity index (χ1n) is 6.69. The Morgan fingerprint density at radius 2 is 1.71 bits per heavy atom. The molecule has 0 bridgehead atoms. The predicted molar refractivity (Wildman–Crippen MR) is 88.4 cm³/mol. The maximum absolute atomic E-state index is 11.1. The fourth-order valence-electron chi connectivity index (χ4n) is 1.79. The Bertz CT molecular complexity index is 662. The van der Waals surface area contributed by atoms with Crippen LogP contribution in [0.1, 0.15) is 16.8 Å². The van der Waals surface area contributed by atoms with Crippen molar-refractivity contribution in [1.29, 1.82) is 0 Å². The summed E-state index contributed by atoms with van der Waals surface area (Å²) in [6.07, 6.45) is 9.15. The van der Waals surface area contributed by atoms with Gasteiger partial charge in [-0.25, -0.2) is 0 Å². The first-order chi connectivity index (χ1) is 10.2. The highest BCUT2D eigenvalue weighted by molar-refractivity contribution is 5.91. The quantitative estimate of drug-likeness (QED) is 0.638. The van der Waals surface area contributed by atoms with Gasteiger partial charge in [-0.1, -0.05) is 43.0 Å². The van der Waals surface area contributed by atoms with Crippen molar-refractivity contribution in [2.75, 3.05) is 7.05 Å². The number of amides is 1. The molecule has 3 heteroatoms. The van der Waals surface area contributed by atoms with E-state index in [1.165, 1.54) is 6.08 Å². The van der Waals surface area contributed by atoms with Gasteiger partial charge in [0.2, 0.25) is 5.91 Å². The van der Waals surface area contributed by atoms with E-state index in [0.717, 1.165) is 22.4 Å². The molecular weight excluding hydrogens is 260 g/mol. The van der Waals surface area contributed by atoms with Crippen molar-refractivity contribution < 1.29 is 4.79 Å². The first-order valence-corrected chi connectivity index (χ1v) is 6.69. The summed E-state index contributed by atoms with van der Waals surface area (Å²) in [4.78, 5) is 14.2. The van der Waals surface area contributed by atoms with Crippen LogP contribution in [0.3, 0.4) is 0 Å². The molecule has 3 nitrogen and oxygen atoms in total. The van der Waals surface area contributed by atoms with Crippen molar-refractivity contribution in [1.82, 2.24) is 10.3 Å². The molecule has 1 aromatic carbocycles. The zero-order chi connectivity index (χ0) is 15.1. The first kappa shape index (κ1) is 14.6. The molecular formula is C18H18N2O. The van der Waals surface area contributed by atoms with Crippen LogP contribution in [-0.2, 0) is 4.79 Å². The number of likely N-dealkylation sites (N-methyl/N-ethyl adjacent to an activating group) is 1. The molecule has 106 valence electrons. The van der Waals surface area contributed by atoms with Crippen LogP contribution in [-0.4, -0.2) is 17.9 Å². The summed E-state index contributed by atoms with van der Waals surface area (Å²) in [5.74, 6) is -0.110. The highest BCUT2D eigenvalue weighted by atomic mass is 16.1. The number of carbonyl (C=O) groups is 1. The van der Waals surface area contributed by atoms with Crippen LogP contribution in [0.15, 0.2) is 61.3 Å². The largest absolute Gasteiger partial charge is 0.361 e. The molecule has 1 heterocycles. The van der Waals surface area contributed by atoms with E-state index in [9.17, 15) is 4.79 Å². The van der Waals surface area contributed by atoms with Gasteiger partial charge in [-0.15, -0.1) is 0 Å². The Morgan fingerprint density at radius 1 is 1.10 bits per heavy atom. The number of benzene rings is 1. The highest BCUT2D eigenvalue weighted by Crippen LogP contribution is 2.14. The minimum absolute atomic E-state index is 0.110. The number of aromatic nitrogens is 1. The fourth-order valence-corrected chi connectivity index (χ4v) is 1.79. The van der Waals surface area contributed by atoms with E-state index < -0.39 is 0 Å². The fraction of sp³-hybridized carbons (Fsp3) is 0.0556. The summed E-state index contributed by atoms with van der Waals surface area (Å²) in [7, 11) is 1.61. The molecule has 0 saturated heterocycles. The minimum Gasteiger partial charge on any atom is -0.361 e. The maximum atomic E-state index is 11.1. The van der Waals surface area contributed by atoms with Gasteiger partial charge >= 0.3 is 0 Å². The normalized spacial score (nSPS) is 11.1. The van der Waals surface area contributed by atoms with Crippen LogP contribution in [0, 0.1) is 0 Å². The van der Waals surface area contributed by atoms with E-state index in [2.05, 4.69) is 16.9 Å². The van der Waals surface area contributed by atoms with Crippen LogP contribution in [0.2, 0.25) is 0 Å². The molecule has 1 aromatic heterocycles. The molecule has 0 fully saturated rings. The van der Waals surface area contributed by atoms with Gasteiger partial charge in [-0.2, -0.15) is 0 Å². The third-order valence-electron chi connectivity index (χ3n) is 3.03. The number of hydrogen-bond donors (Lipinski definition) is 2. The van der Waals surface area contributed by atoms with E-state index in [0.29, 0.717) is 0 Å². The van der Waals surface area contributed by atoms with Gasteiger partial charge in [0.05, 0.1) is 0 Å². The van der Waals surface area contributed by atoms with Gasteiger partial charge < -0.3 is 10.3 Å². The zero-order valence-electron chi connectivity index (χ0n) is 12.0. The summed E-state index contributed by atoms with van der Waals surface area (Å²) >= 11 is 0. The van der Waals surface area contributed by atoms with Gasteiger partial charge in [0.1, 0.15) is 0 Å². The molecule has 1 amide bonds. The molecule has 0 saturated carbocycles. The lowest BCUT2D eigenvalue weighted by atomic mass is 10.1. The summed E-state index contributed by atoms with van der Waals surface area (Å²) in [6.45, 7) is 4.01. The lowest BCUT2D eigenvalue weighted by Gasteiger charge is -1.98. The Morgan fingerprint density at radius 3 is 2.24 bits per heavy atom. The van der Waals surface area contributed by atoms with Gasteiger partial charge in [0.15, 0.2) is 0 Å². The van der Waals surface area contributed by atoms with Crippen molar-refractivity contribution in [3.63, 3.8) is 0 Å². The Labute approximate surface area is 124 Å². The molecule has 21 heavy (non-hydrogen) atoms. The number of H-pyrrole nitrogens is 1. The average molecular weight is 278 g/mol. The number of rotatable bonds is 5. The van der Waals surface area contributed by atoms with Crippen molar-refractivity contribution >= 4 is 23.6 Å². The Kier molecular flexibility index (Phi) is 4.94. The number of carbonyl (C=O) groups excluding carboxylic acids is 1. The van der Waals surface area contributed by atoms with Gasteiger partial charge in [0.25, 0.3) is 0 Å². The molecule has 0 atom stereocenters. The molecule has 2 N–H and O–H groups in total. The second-order valence-corrected chi connectivity index (χ2v) is 4.56. The van der Waals surface area contributed by atoms with Crippen LogP contribution < -0.4 is 5.32 Å². The number of aromatic amines is 1. The highest BCUT2D eigenvalue weighted by Gasteiger charge is 1.95. The second kappa shape index (κ2) is 7.10. The standard InChI is InChI=1S/C18H18N2O/c1-14(17-4-3-13-20-17)5-6-15-7-9-16(10-8-15)11-12-18(21)19-2/h3-13,20H,1H2,2H3,(H,19,21)/b6-5+,12-11+. The van der Waals surface area contributed by atoms with Crippen LogP contribution in [0.25, 0.3) is 17.7 Å². The Balaban J connectivity index is 2.01. The maximum Gasteiger partial charge on any atom is 0.243 e. The average Bonchev–Trinajstić information content (AvgIpc) is 3.05. The SMILES string of the molecule is C=C(/C=C/c1ccc(/C=C/C(=O)NC)cc1)c1ccc[nH]1. The molecule has 0 aliphatic carbocycles. The molecule has 0 unspecified atom stereocenters. The molecule has 0 radical (unpaired) electrons. The van der Waals surface area contributed by atoms with E-state index in [-0.39, 0.29) is 5.91 Å². The Hall–Kier alpha value is -2.81. The second-order valence-electron chi connectivity index (χ2n) is 4.56. The van der Waals surface area contributed by atoms with E-state index in [1.54, 1.807) is 13.1 Å². The molecule has 0 spiro atoms. The zero-order valence-corrected chi connectivity index (χ0v) is 12.0. The molecule has 0 aliphatic rings. The van der Waals surface area contributed by atoms with Crippen molar-refractivity contribution in [2.24, 2.45) is 0 Å². The molecule has 0 aliphatic heterocycles. The molecule has 2 aromatic rings. The van der Waals surface area contributed by atoms with Crippen LogP contribution in [0.5, 0.6) is 0 Å². The van der Waals surface area contributed by atoms with Crippen molar-refractivity contribution in [3.8, 4) is 0 Å². The van der Waals surface area contributed by atoms with Gasteiger partial charge in [0, 0.05) is 25.0 Å². The monoisotopic (exact) mass is 278 g/mol. The van der Waals surface area contributed by atoms with Gasteiger partial charge in [-0.05, 0) is 34.9 Å². The summed E-state index contributed by atoms with van der Waals surface area (Å²) < 4.78 is 0.